The highest BCUT2D eigenvalue weighted by atomic mass is 16.2. The van der Waals surface area contributed by atoms with Crippen LogP contribution in [0.4, 0.5) is 4.79 Å². The molecule has 0 aliphatic rings. The second-order valence-corrected chi connectivity index (χ2v) is 4.90. The largest absolute Gasteiger partial charge is 0.355 e. The molecule has 0 atom stereocenters. The minimum atomic E-state index is -0.493. The molecule has 0 aliphatic heterocycles. The summed E-state index contributed by atoms with van der Waals surface area (Å²) in [7, 11) is 0. The topological polar surface area (TPSA) is 65.8 Å². The molecule has 5 nitrogen and oxygen atoms in total. The smallest absolute Gasteiger partial charge is 0.245 e. The molecule has 2 rings (SSSR count). The Morgan fingerprint density at radius 2 is 1.32 bits per heavy atom. The zero-order chi connectivity index (χ0) is 15.8. The van der Waals surface area contributed by atoms with E-state index in [1.807, 2.05) is 62.4 Å². The van der Waals surface area contributed by atoms with Crippen LogP contribution < -0.4 is 10.9 Å². The Hall–Kier alpha value is -2.95. The molecule has 2 amide bonds. The van der Waals surface area contributed by atoms with Crippen LogP contribution in [0.5, 0.6) is 0 Å². The number of hydrogen-bond acceptors (Lipinski definition) is 3. The van der Waals surface area contributed by atoms with Gasteiger partial charge in [-0.1, -0.05) is 59.7 Å². The van der Waals surface area contributed by atoms with Gasteiger partial charge in [-0.15, -0.1) is 0 Å². The van der Waals surface area contributed by atoms with Crippen molar-refractivity contribution in [1.82, 2.24) is 10.9 Å². The molecule has 0 aliphatic carbocycles. The van der Waals surface area contributed by atoms with E-state index in [1.165, 1.54) is 0 Å². The molecule has 0 saturated heterocycles. The van der Waals surface area contributed by atoms with E-state index in [0.717, 1.165) is 22.3 Å². The van der Waals surface area contributed by atoms with Gasteiger partial charge in [0.15, 0.2) is 0 Å². The van der Waals surface area contributed by atoms with E-state index in [9.17, 15) is 4.79 Å². The van der Waals surface area contributed by atoms with Gasteiger partial charge < -0.3 is 0 Å². The Bertz CT molecular complexity index is 648. The van der Waals surface area contributed by atoms with Gasteiger partial charge >= 0.3 is 6.03 Å². The van der Waals surface area contributed by atoms with Crippen molar-refractivity contribution in [1.29, 1.82) is 0 Å². The molecule has 0 heterocycles. The highest BCUT2D eigenvalue weighted by molar-refractivity contribution is 5.83. The number of hydrogen-bond donors (Lipinski definition) is 2. The van der Waals surface area contributed by atoms with Crippen LogP contribution >= 0.6 is 0 Å². The number of nitrogens with zero attached hydrogens (tertiary/aromatic N) is 2. The van der Waals surface area contributed by atoms with Crippen molar-refractivity contribution < 1.29 is 4.79 Å². The zero-order valence-corrected chi connectivity index (χ0v) is 12.6. The van der Waals surface area contributed by atoms with Crippen LogP contribution in [-0.4, -0.2) is 18.5 Å². The van der Waals surface area contributed by atoms with Gasteiger partial charge in [0.2, 0.25) is 0 Å². The maximum Gasteiger partial charge on any atom is 0.355 e. The van der Waals surface area contributed by atoms with Crippen molar-refractivity contribution in [2.45, 2.75) is 13.8 Å². The summed E-state index contributed by atoms with van der Waals surface area (Å²) in [6, 6.07) is 15.1. The lowest BCUT2D eigenvalue weighted by molar-refractivity contribution is 0.242. The highest BCUT2D eigenvalue weighted by Crippen LogP contribution is 2.01. The van der Waals surface area contributed by atoms with Gasteiger partial charge in [0.25, 0.3) is 0 Å². The minimum Gasteiger partial charge on any atom is -0.245 e. The first kappa shape index (κ1) is 15.4. The SMILES string of the molecule is Cc1cccc(C=NNC(=O)NN=Cc2cccc(C)c2)c1. The molecule has 2 aromatic rings. The molecule has 0 fully saturated rings. The second-order valence-electron chi connectivity index (χ2n) is 4.90. The first-order valence-electron chi connectivity index (χ1n) is 6.89. The van der Waals surface area contributed by atoms with Gasteiger partial charge in [-0.2, -0.15) is 10.2 Å². The first-order chi connectivity index (χ1) is 10.6. The van der Waals surface area contributed by atoms with Crippen LogP contribution in [-0.2, 0) is 0 Å². The fraction of sp³-hybridized carbons (Fsp3) is 0.118. The third kappa shape index (κ3) is 5.20. The summed E-state index contributed by atoms with van der Waals surface area (Å²) < 4.78 is 0. The number of hydrazone groups is 2. The van der Waals surface area contributed by atoms with Crippen molar-refractivity contribution >= 4 is 18.5 Å². The summed E-state index contributed by atoms with van der Waals surface area (Å²) >= 11 is 0. The van der Waals surface area contributed by atoms with E-state index in [1.54, 1.807) is 12.4 Å². The molecule has 0 spiro atoms. The molecule has 22 heavy (non-hydrogen) atoms. The standard InChI is InChI=1S/C17H18N4O/c1-13-5-3-7-15(9-13)11-18-20-17(22)21-19-12-16-8-4-6-14(2)10-16/h3-12H,1-2H3,(H2,20,21,22). The summed E-state index contributed by atoms with van der Waals surface area (Å²) in [5.74, 6) is 0. The van der Waals surface area contributed by atoms with E-state index >= 15 is 0 Å². The normalized spacial score (nSPS) is 11.0. The van der Waals surface area contributed by atoms with Crippen LogP contribution in [0.3, 0.4) is 0 Å². The molecule has 0 radical (unpaired) electrons. The van der Waals surface area contributed by atoms with Crippen LogP contribution in [0, 0.1) is 13.8 Å². The summed E-state index contributed by atoms with van der Waals surface area (Å²) in [6.45, 7) is 4.00. The van der Waals surface area contributed by atoms with Crippen molar-refractivity contribution in [3.8, 4) is 0 Å². The van der Waals surface area contributed by atoms with Crippen LogP contribution in [0.1, 0.15) is 22.3 Å². The molecular weight excluding hydrogens is 276 g/mol. The Balaban J connectivity index is 1.81. The second kappa shape index (κ2) is 7.73. The lowest BCUT2D eigenvalue weighted by Gasteiger charge is -1.99. The maximum absolute atomic E-state index is 11.5. The van der Waals surface area contributed by atoms with Crippen molar-refractivity contribution in [2.24, 2.45) is 10.2 Å². The Morgan fingerprint density at radius 1 is 0.864 bits per heavy atom. The van der Waals surface area contributed by atoms with Gasteiger partial charge in [0, 0.05) is 0 Å². The molecule has 0 aromatic heterocycles. The van der Waals surface area contributed by atoms with E-state index in [4.69, 9.17) is 0 Å². The van der Waals surface area contributed by atoms with Gasteiger partial charge in [-0.3, -0.25) is 0 Å². The molecule has 2 N–H and O–H groups in total. The molecule has 2 aromatic carbocycles. The quantitative estimate of drug-likeness (QED) is 0.660. The number of nitrogens with one attached hydrogen (secondary N) is 2. The van der Waals surface area contributed by atoms with Gasteiger partial charge in [0.05, 0.1) is 12.4 Å². The molecule has 5 heteroatoms. The third-order valence-corrected chi connectivity index (χ3v) is 2.84. The monoisotopic (exact) mass is 294 g/mol. The highest BCUT2D eigenvalue weighted by Gasteiger charge is 1.94. The van der Waals surface area contributed by atoms with E-state index < -0.39 is 6.03 Å². The van der Waals surface area contributed by atoms with E-state index in [-0.39, 0.29) is 0 Å². The van der Waals surface area contributed by atoms with Gasteiger partial charge in [-0.05, 0) is 25.0 Å². The Labute approximate surface area is 129 Å². The zero-order valence-electron chi connectivity index (χ0n) is 12.6. The number of amides is 2. The summed E-state index contributed by atoms with van der Waals surface area (Å²) in [5.41, 5.74) is 8.82. The Kier molecular flexibility index (Phi) is 5.43. The summed E-state index contributed by atoms with van der Waals surface area (Å²) in [6.07, 6.45) is 3.16. The lowest BCUT2D eigenvalue weighted by Crippen LogP contribution is -2.28. The Morgan fingerprint density at radius 3 is 1.73 bits per heavy atom. The van der Waals surface area contributed by atoms with Gasteiger partial charge in [0.1, 0.15) is 0 Å². The molecular formula is C17H18N4O. The van der Waals surface area contributed by atoms with Crippen LogP contribution in [0.2, 0.25) is 0 Å². The van der Waals surface area contributed by atoms with Crippen LogP contribution in [0.25, 0.3) is 0 Å². The third-order valence-electron chi connectivity index (χ3n) is 2.84. The van der Waals surface area contributed by atoms with E-state index in [2.05, 4.69) is 21.1 Å². The van der Waals surface area contributed by atoms with Crippen molar-refractivity contribution in [3.63, 3.8) is 0 Å². The predicted octanol–water partition coefficient (Wildman–Crippen LogP) is 2.97. The maximum atomic E-state index is 11.5. The summed E-state index contributed by atoms with van der Waals surface area (Å²) in [5, 5.41) is 7.72. The van der Waals surface area contributed by atoms with Crippen LogP contribution in [0.15, 0.2) is 58.7 Å². The van der Waals surface area contributed by atoms with Crippen molar-refractivity contribution in [3.05, 3.63) is 70.8 Å². The number of carbonyl (C=O) groups is 1. The molecule has 0 bridgehead atoms. The summed E-state index contributed by atoms with van der Waals surface area (Å²) in [4.78, 5) is 11.5. The molecule has 112 valence electrons. The van der Waals surface area contributed by atoms with E-state index in [0.29, 0.717) is 0 Å². The van der Waals surface area contributed by atoms with Crippen molar-refractivity contribution in [2.75, 3.05) is 0 Å². The predicted molar refractivity (Wildman–Crippen MR) is 89.2 cm³/mol. The number of benzene rings is 2. The average molecular weight is 294 g/mol. The first-order valence-corrected chi connectivity index (χ1v) is 6.89. The molecule has 0 unspecified atom stereocenters. The minimum absolute atomic E-state index is 0.493. The number of carbonyl (C=O) groups excluding carboxylic acids is 1. The fourth-order valence-electron chi connectivity index (χ4n) is 1.86. The lowest BCUT2D eigenvalue weighted by atomic mass is 10.2. The van der Waals surface area contributed by atoms with Gasteiger partial charge in [-0.25, -0.2) is 15.6 Å². The number of aryl methyl sites for hydroxylation is 2. The fourth-order valence-corrected chi connectivity index (χ4v) is 1.86. The average Bonchev–Trinajstić information content (AvgIpc) is 2.47. The number of urea groups is 1. The number of rotatable bonds is 4. The molecule has 0 saturated carbocycles.